The van der Waals surface area contributed by atoms with Gasteiger partial charge in [-0.25, -0.2) is 0 Å². The predicted molar refractivity (Wildman–Crippen MR) is 119 cm³/mol. The molecule has 0 amide bonds. The highest BCUT2D eigenvalue weighted by Crippen LogP contribution is 2.11. The minimum atomic E-state index is 0. The van der Waals surface area contributed by atoms with Crippen LogP contribution in [0.15, 0.2) is 23.2 Å². The quantitative estimate of drug-likeness (QED) is 0.390. The van der Waals surface area contributed by atoms with Crippen molar-refractivity contribution in [2.75, 3.05) is 33.2 Å². The summed E-state index contributed by atoms with van der Waals surface area (Å²) >= 11 is 0. The average Bonchev–Trinajstić information content (AvgIpc) is 2.55. The van der Waals surface area contributed by atoms with Crippen molar-refractivity contribution in [2.45, 2.75) is 52.5 Å². The van der Waals surface area contributed by atoms with E-state index in [-0.39, 0.29) is 24.0 Å². The molecule has 142 valence electrons. The molecule has 0 unspecified atom stereocenters. The molecule has 1 heterocycles. The highest BCUT2D eigenvalue weighted by molar-refractivity contribution is 14.0. The molecule has 1 saturated heterocycles. The van der Waals surface area contributed by atoms with Gasteiger partial charge >= 0.3 is 0 Å². The van der Waals surface area contributed by atoms with Crippen molar-refractivity contribution < 1.29 is 0 Å². The number of benzene rings is 1. The number of hydrogen-bond donors (Lipinski definition) is 2. The van der Waals surface area contributed by atoms with Crippen LogP contribution in [-0.2, 0) is 6.42 Å². The van der Waals surface area contributed by atoms with Crippen molar-refractivity contribution in [2.24, 2.45) is 4.99 Å². The summed E-state index contributed by atoms with van der Waals surface area (Å²) in [6, 6.07) is 7.32. The molecular weight excluding hydrogens is 423 g/mol. The summed E-state index contributed by atoms with van der Waals surface area (Å²) in [5.74, 6) is 0.938. The van der Waals surface area contributed by atoms with Crippen molar-refractivity contribution in [1.82, 2.24) is 15.5 Å². The number of hydrogen-bond acceptors (Lipinski definition) is 2. The van der Waals surface area contributed by atoms with E-state index in [1.54, 1.807) is 0 Å². The second-order valence-corrected chi connectivity index (χ2v) is 7.01. The zero-order chi connectivity index (χ0) is 17.4. The molecule has 1 aromatic carbocycles. The van der Waals surface area contributed by atoms with Gasteiger partial charge in [0.2, 0.25) is 0 Å². The molecule has 0 spiro atoms. The number of halogens is 1. The van der Waals surface area contributed by atoms with Gasteiger partial charge in [-0.05, 0) is 51.6 Å². The molecule has 0 radical (unpaired) electrons. The lowest BCUT2D eigenvalue weighted by Crippen LogP contribution is -2.49. The lowest BCUT2D eigenvalue weighted by Gasteiger charge is -2.32. The van der Waals surface area contributed by atoms with Gasteiger partial charge in [-0.15, -0.1) is 24.0 Å². The third kappa shape index (κ3) is 7.94. The zero-order valence-corrected chi connectivity index (χ0v) is 18.6. The molecule has 1 aromatic rings. The van der Waals surface area contributed by atoms with Gasteiger partial charge in [-0.1, -0.05) is 36.2 Å². The maximum atomic E-state index is 4.38. The first kappa shape index (κ1) is 22.2. The van der Waals surface area contributed by atoms with Crippen LogP contribution in [0.3, 0.4) is 0 Å². The van der Waals surface area contributed by atoms with Crippen LogP contribution in [0.2, 0.25) is 0 Å². The van der Waals surface area contributed by atoms with Gasteiger partial charge in [0.05, 0.1) is 0 Å². The van der Waals surface area contributed by atoms with E-state index in [2.05, 4.69) is 59.5 Å². The third-order valence-electron chi connectivity index (χ3n) is 4.68. The molecule has 0 saturated carbocycles. The molecule has 25 heavy (non-hydrogen) atoms. The average molecular weight is 458 g/mol. The Kier molecular flexibility index (Phi) is 10.4. The fourth-order valence-corrected chi connectivity index (χ4v) is 3.54. The molecule has 4 nitrogen and oxygen atoms in total. The molecular formula is C20H35IN4. The van der Waals surface area contributed by atoms with Crippen LogP contribution in [0.5, 0.6) is 0 Å². The molecule has 0 aromatic heterocycles. The van der Waals surface area contributed by atoms with Crippen LogP contribution >= 0.6 is 24.0 Å². The number of aryl methyl sites for hydroxylation is 2. The van der Waals surface area contributed by atoms with E-state index in [1.165, 1.54) is 55.6 Å². The lowest BCUT2D eigenvalue weighted by molar-refractivity contribution is 0.206. The van der Waals surface area contributed by atoms with Crippen molar-refractivity contribution in [3.05, 3.63) is 34.9 Å². The van der Waals surface area contributed by atoms with Gasteiger partial charge in [0.1, 0.15) is 0 Å². The first-order chi connectivity index (χ1) is 11.6. The lowest BCUT2D eigenvalue weighted by atomic mass is 10.0. The summed E-state index contributed by atoms with van der Waals surface area (Å²) in [7, 11) is 1.86. The van der Waals surface area contributed by atoms with Crippen LogP contribution in [0.1, 0.15) is 42.9 Å². The van der Waals surface area contributed by atoms with Crippen molar-refractivity contribution in [3.8, 4) is 0 Å². The number of rotatable bonds is 6. The summed E-state index contributed by atoms with van der Waals surface area (Å²) in [6.07, 6.45) is 4.69. The van der Waals surface area contributed by atoms with Gasteiger partial charge in [0, 0.05) is 32.7 Å². The molecule has 0 aliphatic carbocycles. The largest absolute Gasteiger partial charge is 0.356 e. The number of likely N-dealkylation sites (tertiary alicyclic amines) is 1. The fraction of sp³-hybridized carbons (Fsp3) is 0.650. The van der Waals surface area contributed by atoms with Crippen molar-refractivity contribution in [1.29, 1.82) is 0 Å². The van der Waals surface area contributed by atoms with Crippen LogP contribution in [0, 0.1) is 13.8 Å². The van der Waals surface area contributed by atoms with E-state index in [0.29, 0.717) is 6.04 Å². The summed E-state index contributed by atoms with van der Waals surface area (Å²) in [5.41, 5.74) is 4.07. The second-order valence-electron chi connectivity index (χ2n) is 7.01. The third-order valence-corrected chi connectivity index (χ3v) is 4.68. The monoisotopic (exact) mass is 458 g/mol. The number of guanidine groups is 1. The van der Waals surface area contributed by atoms with E-state index in [1.807, 2.05) is 7.05 Å². The van der Waals surface area contributed by atoms with Gasteiger partial charge in [-0.2, -0.15) is 0 Å². The van der Waals surface area contributed by atoms with Gasteiger partial charge < -0.3 is 15.5 Å². The Labute approximate surface area is 170 Å². The normalized spacial score (nSPS) is 16.4. The molecule has 5 heteroatoms. The molecule has 1 aliphatic rings. The fourth-order valence-electron chi connectivity index (χ4n) is 3.54. The number of aliphatic imine (C=N–C) groups is 1. The number of nitrogens with one attached hydrogen (secondary N) is 2. The Morgan fingerprint density at radius 2 is 1.80 bits per heavy atom. The van der Waals surface area contributed by atoms with E-state index < -0.39 is 0 Å². The summed E-state index contributed by atoms with van der Waals surface area (Å²) < 4.78 is 0. The van der Waals surface area contributed by atoms with Crippen molar-refractivity contribution in [3.63, 3.8) is 0 Å². The maximum Gasteiger partial charge on any atom is 0.191 e. The minimum absolute atomic E-state index is 0. The molecule has 1 aliphatic heterocycles. The SMILES string of the molecule is CCCN1CCC(NC(=NC)NCCc2cc(C)cc(C)c2)CC1.I. The molecule has 2 N–H and O–H groups in total. The first-order valence-corrected chi connectivity index (χ1v) is 9.37. The number of nitrogens with zero attached hydrogens (tertiary/aromatic N) is 2. The van der Waals surface area contributed by atoms with Crippen LogP contribution < -0.4 is 10.6 Å². The smallest absolute Gasteiger partial charge is 0.191 e. The van der Waals surface area contributed by atoms with E-state index in [9.17, 15) is 0 Å². The highest BCUT2D eigenvalue weighted by Gasteiger charge is 2.19. The van der Waals surface area contributed by atoms with E-state index >= 15 is 0 Å². The highest BCUT2D eigenvalue weighted by atomic mass is 127. The Morgan fingerprint density at radius 1 is 1.16 bits per heavy atom. The first-order valence-electron chi connectivity index (χ1n) is 9.37. The van der Waals surface area contributed by atoms with Crippen molar-refractivity contribution >= 4 is 29.9 Å². The molecule has 1 fully saturated rings. The molecule has 0 atom stereocenters. The topological polar surface area (TPSA) is 39.7 Å². The zero-order valence-electron chi connectivity index (χ0n) is 16.3. The second kappa shape index (κ2) is 11.7. The van der Waals surface area contributed by atoms with Crippen LogP contribution in [0.25, 0.3) is 0 Å². The Morgan fingerprint density at radius 3 is 2.36 bits per heavy atom. The Hall–Kier alpha value is -0.820. The summed E-state index contributed by atoms with van der Waals surface area (Å²) in [5, 5.41) is 7.06. The summed E-state index contributed by atoms with van der Waals surface area (Å²) in [4.78, 5) is 6.95. The molecule has 2 rings (SSSR count). The maximum absolute atomic E-state index is 4.38. The minimum Gasteiger partial charge on any atom is -0.356 e. The van der Waals surface area contributed by atoms with Gasteiger partial charge in [-0.3, -0.25) is 4.99 Å². The van der Waals surface area contributed by atoms with Crippen LogP contribution in [-0.4, -0.2) is 50.1 Å². The van der Waals surface area contributed by atoms with E-state index in [0.717, 1.165) is 18.9 Å². The van der Waals surface area contributed by atoms with E-state index in [4.69, 9.17) is 0 Å². The standard InChI is InChI=1S/C20H34N4.HI/c1-5-10-24-11-7-19(8-12-24)23-20(21-4)22-9-6-18-14-16(2)13-17(3)15-18;/h13-15,19H,5-12H2,1-4H3,(H2,21,22,23);1H. The Bertz CT molecular complexity index is 516. The predicted octanol–water partition coefficient (Wildman–Crippen LogP) is 3.50. The van der Waals surface area contributed by atoms with Gasteiger partial charge in [0.15, 0.2) is 5.96 Å². The summed E-state index contributed by atoms with van der Waals surface area (Å²) in [6.45, 7) is 11.1. The number of piperidine rings is 1. The Balaban J connectivity index is 0.00000312. The van der Waals surface area contributed by atoms with Crippen LogP contribution in [0.4, 0.5) is 0 Å². The molecule has 0 bridgehead atoms. The van der Waals surface area contributed by atoms with Gasteiger partial charge in [0.25, 0.3) is 0 Å².